The Morgan fingerprint density at radius 3 is 2.43 bits per heavy atom. The van der Waals surface area contributed by atoms with Gasteiger partial charge in [-0.1, -0.05) is 36.4 Å². The number of nitrogens with one attached hydrogen (secondary N) is 1. The molecule has 2 aliphatic rings. The highest BCUT2D eigenvalue weighted by Gasteiger charge is 2.53. The van der Waals surface area contributed by atoms with E-state index in [0.717, 1.165) is 35.7 Å². The lowest BCUT2D eigenvalue weighted by Crippen LogP contribution is -2.37. The first-order valence-corrected chi connectivity index (χ1v) is 8.16. The predicted octanol–water partition coefficient (Wildman–Crippen LogP) is 3.53. The van der Waals surface area contributed by atoms with Crippen molar-refractivity contribution in [3.8, 4) is 0 Å². The highest BCUT2D eigenvalue weighted by Crippen LogP contribution is 2.52. The van der Waals surface area contributed by atoms with Crippen LogP contribution in [0, 0.1) is 23.7 Å². The van der Waals surface area contributed by atoms with Gasteiger partial charge in [-0.2, -0.15) is 0 Å². The minimum Gasteiger partial charge on any atom is -0.481 e. The summed E-state index contributed by atoms with van der Waals surface area (Å²) in [6.07, 6.45) is 2.80. The molecule has 4 atom stereocenters. The standard InChI is InChI=1S/C19H19NO3/c21-18(16-12-8-9-13(10-12)17(16)19(22)23)20-15-7-3-5-11-4-1-2-6-14(11)15/h1-7,12-13,16-17H,8-10H2,(H,20,21)(H,22,23). The number of amides is 1. The molecule has 4 unspecified atom stereocenters. The van der Waals surface area contributed by atoms with Gasteiger partial charge in [0.15, 0.2) is 0 Å². The van der Waals surface area contributed by atoms with Crippen molar-refractivity contribution < 1.29 is 14.7 Å². The summed E-state index contributed by atoms with van der Waals surface area (Å²) in [5.41, 5.74) is 0.764. The van der Waals surface area contributed by atoms with E-state index in [-0.39, 0.29) is 17.7 Å². The summed E-state index contributed by atoms with van der Waals surface area (Å²) in [5, 5.41) is 14.6. The van der Waals surface area contributed by atoms with Gasteiger partial charge in [-0.05, 0) is 42.6 Å². The van der Waals surface area contributed by atoms with Gasteiger partial charge in [-0.3, -0.25) is 9.59 Å². The number of carboxylic acids is 1. The van der Waals surface area contributed by atoms with Gasteiger partial charge in [0.25, 0.3) is 0 Å². The maximum Gasteiger partial charge on any atom is 0.307 e. The molecule has 2 aliphatic carbocycles. The number of hydrogen-bond donors (Lipinski definition) is 2. The molecule has 2 saturated carbocycles. The molecule has 0 radical (unpaired) electrons. The number of carboxylic acid groups (broad SMARTS) is 1. The van der Waals surface area contributed by atoms with Crippen molar-refractivity contribution in [3.05, 3.63) is 42.5 Å². The van der Waals surface area contributed by atoms with E-state index < -0.39 is 17.8 Å². The molecule has 2 bridgehead atoms. The van der Waals surface area contributed by atoms with Crippen LogP contribution in [0.25, 0.3) is 10.8 Å². The third-order valence-corrected chi connectivity index (χ3v) is 5.55. The Kier molecular flexibility index (Phi) is 3.33. The molecule has 2 aromatic carbocycles. The zero-order valence-electron chi connectivity index (χ0n) is 12.7. The summed E-state index contributed by atoms with van der Waals surface area (Å²) in [5.74, 6) is -1.50. The fourth-order valence-electron chi connectivity index (χ4n) is 4.57. The first kappa shape index (κ1) is 14.2. The van der Waals surface area contributed by atoms with Crippen molar-refractivity contribution in [3.63, 3.8) is 0 Å². The lowest BCUT2D eigenvalue weighted by molar-refractivity contribution is -0.148. The van der Waals surface area contributed by atoms with Crippen LogP contribution in [0.1, 0.15) is 19.3 Å². The summed E-state index contributed by atoms with van der Waals surface area (Å²) in [7, 11) is 0. The molecule has 2 N–H and O–H groups in total. The summed E-state index contributed by atoms with van der Waals surface area (Å²) in [6.45, 7) is 0. The lowest BCUT2D eigenvalue weighted by Gasteiger charge is -2.27. The number of rotatable bonds is 3. The van der Waals surface area contributed by atoms with Gasteiger partial charge >= 0.3 is 5.97 Å². The number of fused-ring (bicyclic) bond motifs is 3. The van der Waals surface area contributed by atoms with E-state index in [4.69, 9.17) is 0 Å². The second kappa shape index (κ2) is 5.37. The maximum atomic E-state index is 12.8. The quantitative estimate of drug-likeness (QED) is 0.911. The van der Waals surface area contributed by atoms with E-state index in [0.29, 0.717) is 0 Å². The van der Waals surface area contributed by atoms with Crippen molar-refractivity contribution in [1.29, 1.82) is 0 Å². The highest BCUT2D eigenvalue weighted by molar-refractivity contribution is 6.04. The molecule has 23 heavy (non-hydrogen) atoms. The molecule has 0 saturated heterocycles. The van der Waals surface area contributed by atoms with Crippen molar-refractivity contribution >= 4 is 28.3 Å². The fraction of sp³-hybridized carbons (Fsp3) is 0.368. The first-order valence-electron chi connectivity index (χ1n) is 8.16. The second-order valence-corrected chi connectivity index (χ2v) is 6.74. The maximum absolute atomic E-state index is 12.8. The minimum absolute atomic E-state index is 0.138. The summed E-state index contributed by atoms with van der Waals surface area (Å²) < 4.78 is 0. The third kappa shape index (κ3) is 2.29. The number of hydrogen-bond acceptors (Lipinski definition) is 2. The molecule has 2 aromatic rings. The zero-order chi connectivity index (χ0) is 16.0. The monoisotopic (exact) mass is 309 g/mol. The van der Waals surface area contributed by atoms with Gasteiger partial charge in [0, 0.05) is 11.1 Å². The van der Waals surface area contributed by atoms with E-state index in [1.165, 1.54) is 0 Å². The van der Waals surface area contributed by atoms with Crippen molar-refractivity contribution in [1.82, 2.24) is 0 Å². The van der Waals surface area contributed by atoms with Crippen molar-refractivity contribution in [2.45, 2.75) is 19.3 Å². The molecule has 4 rings (SSSR count). The SMILES string of the molecule is O=C(O)C1C2CCC(C2)C1C(=O)Nc1cccc2ccccc12. The highest BCUT2D eigenvalue weighted by atomic mass is 16.4. The van der Waals surface area contributed by atoms with E-state index in [1.807, 2.05) is 42.5 Å². The average molecular weight is 309 g/mol. The van der Waals surface area contributed by atoms with Gasteiger partial charge in [0.2, 0.25) is 5.91 Å². The molecular formula is C19H19NO3. The van der Waals surface area contributed by atoms with Crippen LogP contribution in [-0.2, 0) is 9.59 Å². The Balaban J connectivity index is 1.63. The minimum atomic E-state index is -0.824. The number of anilines is 1. The second-order valence-electron chi connectivity index (χ2n) is 6.74. The zero-order valence-corrected chi connectivity index (χ0v) is 12.7. The molecule has 4 heteroatoms. The molecule has 118 valence electrons. The number of benzene rings is 2. The van der Waals surface area contributed by atoms with Crippen molar-refractivity contribution in [2.75, 3.05) is 5.32 Å². The van der Waals surface area contributed by atoms with Gasteiger partial charge in [-0.25, -0.2) is 0 Å². The Labute approximate surface area is 134 Å². The van der Waals surface area contributed by atoms with Crippen LogP contribution in [0.2, 0.25) is 0 Å². The van der Waals surface area contributed by atoms with Crippen LogP contribution in [0.4, 0.5) is 5.69 Å². The van der Waals surface area contributed by atoms with Crippen LogP contribution >= 0.6 is 0 Å². The first-order chi connectivity index (χ1) is 11.1. The van der Waals surface area contributed by atoms with E-state index >= 15 is 0 Å². The van der Waals surface area contributed by atoms with Crippen LogP contribution in [0.3, 0.4) is 0 Å². The van der Waals surface area contributed by atoms with Gasteiger partial charge < -0.3 is 10.4 Å². The largest absolute Gasteiger partial charge is 0.481 e. The molecule has 0 spiro atoms. The van der Waals surface area contributed by atoms with Gasteiger partial charge in [-0.15, -0.1) is 0 Å². The molecule has 1 amide bonds. The van der Waals surface area contributed by atoms with Crippen LogP contribution in [0.5, 0.6) is 0 Å². The Bertz CT molecular complexity index is 780. The summed E-state index contributed by atoms with van der Waals surface area (Å²) in [6, 6.07) is 13.7. The predicted molar refractivity (Wildman–Crippen MR) is 88.0 cm³/mol. The molecular weight excluding hydrogens is 290 g/mol. The average Bonchev–Trinajstić information content (AvgIpc) is 3.16. The summed E-state index contributed by atoms with van der Waals surface area (Å²) in [4.78, 5) is 24.4. The lowest BCUT2D eigenvalue weighted by atomic mass is 9.78. The molecule has 0 heterocycles. The van der Waals surface area contributed by atoms with Crippen molar-refractivity contribution in [2.24, 2.45) is 23.7 Å². The summed E-state index contributed by atoms with van der Waals surface area (Å²) >= 11 is 0. The van der Waals surface area contributed by atoms with Gasteiger partial charge in [0.1, 0.15) is 0 Å². The van der Waals surface area contributed by atoms with E-state index in [1.54, 1.807) is 0 Å². The number of carbonyl (C=O) groups excluding carboxylic acids is 1. The smallest absolute Gasteiger partial charge is 0.307 e. The molecule has 2 fully saturated rings. The molecule has 0 aromatic heterocycles. The number of carbonyl (C=O) groups is 2. The normalized spacial score (nSPS) is 28.9. The van der Waals surface area contributed by atoms with Crippen LogP contribution in [0.15, 0.2) is 42.5 Å². The Morgan fingerprint density at radius 1 is 0.957 bits per heavy atom. The molecule has 0 aliphatic heterocycles. The van der Waals surface area contributed by atoms with Crippen LogP contribution < -0.4 is 5.32 Å². The molecule has 4 nitrogen and oxygen atoms in total. The van der Waals surface area contributed by atoms with E-state index in [2.05, 4.69) is 5.32 Å². The third-order valence-electron chi connectivity index (χ3n) is 5.55. The Morgan fingerprint density at radius 2 is 1.65 bits per heavy atom. The topological polar surface area (TPSA) is 66.4 Å². The Hall–Kier alpha value is -2.36. The van der Waals surface area contributed by atoms with Gasteiger partial charge in [0.05, 0.1) is 11.8 Å². The van der Waals surface area contributed by atoms with E-state index in [9.17, 15) is 14.7 Å². The number of aliphatic carboxylic acids is 1. The van der Waals surface area contributed by atoms with Crippen LogP contribution in [-0.4, -0.2) is 17.0 Å². The fourth-order valence-corrected chi connectivity index (χ4v) is 4.57.